The molecule has 154 valence electrons. The largest absolute Gasteiger partial charge is 0.325 e. The van der Waals surface area contributed by atoms with Crippen molar-refractivity contribution < 1.29 is 4.79 Å². The summed E-state index contributed by atoms with van der Waals surface area (Å²) in [6.45, 7) is 4.41. The molecular weight excluding hydrogens is 384 g/mol. The smallest absolute Gasteiger partial charge is 0.242 e. The lowest BCUT2D eigenvalue weighted by molar-refractivity contribution is -0.150. The van der Waals surface area contributed by atoms with Crippen LogP contribution in [-0.2, 0) is 10.3 Å². The van der Waals surface area contributed by atoms with Crippen LogP contribution < -0.4 is 5.32 Å². The van der Waals surface area contributed by atoms with Crippen LogP contribution in [0.15, 0.2) is 30.6 Å². The molecule has 1 aromatic carbocycles. The third kappa shape index (κ3) is 3.09. The molecule has 4 fully saturated rings. The van der Waals surface area contributed by atoms with Gasteiger partial charge in [0.1, 0.15) is 6.33 Å². The van der Waals surface area contributed by atoms with Crippen LogP contribution in [0.2, 0.25) is 5.28 Å². The van der Waals surface area contributed by atoms with Gasteiger partial charge in [0.05, 0.1) is 11.0 Å². The highest BCUT2D eigenvalue weighted by atomic mass is 35.5. The maximum Gasteiger partial charge on any atom is 0.242 e. The molecule has 29 heavy (non-hydrogen) atoms. The Kier molecular flexibility index (Phi) is 4.50. The highest BCUT2D eigenvalue weighted by Gasteiger charge is 2.61. The molecule has 0 aliphatic heterocycles. The molecule has 4 aliphatic carbocycles. The highest BCUT2D eigenvalue weighted by Crippen LogP contribution is 2.64. The number of carbonyl (C=O) groups is 1. The van der Waals surface area contributed by atoms with E-state index in [0.29, 0.717) is 23.0 Å². The van der Waals surface area contributed by atoms with E-state index in [9.17, 15) is 4.79 Å². The lowest BCUT2D eigenvalue weighted by Gasteiger charge is -2.60. The molecule has 2 aromatic rings. The van der Waals surface area contributed by atoms with E-state index in [4.69, 9.17) is 11.6 Å². The topological polar surface area (TPSA) is 59.8 Å². The summed E-state index contributed by atoms with van der Waals surface area (Å²) < 4.78 is 1.97. The fourth-order valence-electron chi connectivity index (χ4n) is 6.73. The number of nitrogens with zero attached hydrogens (tertiary/aromatic N) is 3. The minimum Gasteiger partial charge on any atom is -0.325 e. The number of halogens is 1. The Bertz CT molecular complexity index is 924. The van der Waals surface area contributed by atoms with Gasteiger partial charge in [-0.2, -0.15) is 0 Å². The van der Waals surface area contributed by atoms with Crippen molar-refractivity contribution in [1.82, 2.24) is 14.8 Å². The van der Waals surface area contributed by atoms with Crippen LogP contribution in [-0.4, -0.2) is 20.7 Å². The van der Waals surface area contributed by atoms with E-state index in [2.05, 4.69) is 41.4 Å². The Morgan fingerprint density at radius 2 is 2.00 bits per heavy atom. The van der Waals surface area contributed by atoms with E-state index in [1.165, 1.54) is 12.0 Å². The molecule has 5 nitrogen and oxygen atoms in total. The minimum atomic E-state index is -0.314. The van der Waals surface area contributed by atoms with Crippen molar-refractivity contribution in [3.8, 4) is 0 Å². The molecule has 0 unspecified atom stereocenters. The van der Waals surface area contributed by atoms with Gasteiger partial charge in [-0.05, 0) is 85.9 Å². The van der Waals surface area contributed by atoms with Gasteiger partial charge in [-0.15, -0.1) is 5.10 Å². The first-order valence-corrected chi connectivity index (χ1v) is 11.3. The fraction of sp³-hybridized carbons (Fsp3) is 0.609. The molecule has 4 saturated carbocycles. The third-order valence-electron chi connectivity index (χ3n) is 7.81. The minimum absolute atomic E-state index is 0.113. The van der Waals surface area contributed by atoms with Crippen molar-refractivity contribution in [3.05, 3.63) is 41.4 Å². The first kappa shape index (κ1) is 19.1. The quantitative estimate of drug-likeness (QED) is 0.717. The van der Waals surface area contributed by atoms with Crippen molar-refractivity contribution in [2.24, 2.45) is 17.3 Å². The van der Waals surface area contributed by atoms with Gasteiger partial charge < -0.3 is 5.32 Å². The van der Waals surface area contributed by atoms with Crippen molar-refractivity contribution in [2.75, 3.05) is 5.32 Å². The number of hydrogen-bond donors (Lipinski definition) is 1. The van der Waals surface area contributed by atoms with Crippen molar-refractivity contribution in [3.63, 3.8) is 0 Å². The number of aromatic nitrogens is 3. The molecule has 1 N–H and O–H groups in total. The second-order valence-corrected chi connectivity index (χ2v) is 10.1. The van der Waals surface area contributed by atoms with Gasteiger partial charge in [-0.3, -0.25) is 4.79 Å². The number of benzene rings is 1. The monoisotopic (exact) mass is 412 g/mol. The number of amides is 1. The van der Waals surface area contributed by atoms with Crippen molar-refractivity contribution in [2.45, 2.75) is 70.3 Å². The van der Waals surface area contributed by atoms with E-state index in [1.54, 1.807) is 6.33 Å². The van der Waals surface area contributed by atoms with Crippen molar-refractivity contribution in [1.29, 1.82) is 0 Å². The molecule has 0 saturated heterocycles. The summed E-state index contributed by atoms with van der Waals surface area (Å²) in [5, 5.41) is 8.10. The first-order valence-electron chi connectivity index (χ1n) is 10.9. The van der Waals surface area contributed by atoms with Crippen LogP contribution >= 0.6 is 11.6 Å². The van der Waals surface area contributed by atoms with Crippen LogP contribution in [0.25, 0.3) is 0 Å². The molecule has 6 heteroatoms. The number of para-hydroxylation sites is 1. The Labute approximate surface area is 177 Å². The van der Waals surface area contributed by atoms with Gasteiger partial charge in [0.15, 0.2) is 0 Å². The maximum atomic E-state index is 13.7. The summed E-state index contributed by atoms with van der Waals surface area (Å²) >= 11 is 6.04. The molecule has 1 aromatic heterocycles. The van der Waals surface area contributed by atoms with E-state index in [1.807, 2.05) is 16.8 Å². The first-order chi connectivity index (χ1) is 13.9. The van der Waals surface area contributed by atoms with Gasteiger partial charge in [0, 0.05) is 5.69 Å². The maximum absolute atomic E-state index is 13.7. The molecule has 0 radical (unpaired) electrons. The second-order valence-electron chi connectivity index (χ2n) is 9.77. The Balaban J connectivity index is 1.46. The summed E-state index contributed by atoms with van der Waals surface area (Å²) in [6, 6.07) is 8.26. The lowest BCUT2D eigenvalue weighted by Crippen LogP contribution is -2.60. The summed E-state index contributed by atoms with van der Waals surface area (Å²) in [7, 11) is 0. The SMILES string of the molecule is CC[C@H](C)c1ccccc1NC(=O)C12C[C@@H]3C[C@@H](C1)CC(n1cnc(Cl)n1)(C3)C2. The summed E-state index contributed by atoms with van der Waals surface area (Å²) in [5.74, 6) is 1.77. The van der Waals surface area contributed by atoms with Crippen LogP contribution in [0.5, 0.6) is 0 Å². The second kappa shape index (κ2) is 6.83. The standard InChI is InChI=1S/C23H29ClN4O/c1-3-15(2)18-6-4-5-7-19(18)26-20(29)22-9-16-8-17(10-22)12-23(11-16,13-22)28-14-25-21(24)27-28/h4-7,14-17H,3,8-13H2,1-2H3,(H,26,29)/t15-,16-,17-,22?,23?/m0/s1. The number of nitrogens with one attached hydrogen (secondary N) is 1. The molecule has 4 aliphatic rings. The molecule has 0 spiro atoms. The Morgan fingerprint density at radius 3 is 2.66 bits per heavy atom. The van der Waals surface area contributed by atoms with Gasteiger partial charge >= 0.3 is 0 Å². The zero-order chi connectivity index (χ0) is 20.2. The van der Waals surface area contributed by atoms with Crippen molar-refractivity contribution >= 4 is 23.2 Å². The lowest BCUT2D eigenvalue weighted by atomic mass is 9.46. The van der Waals surface area contributed by atoms with E-state index >= 15 is 0 Å². The van der Waals surface area contributed by atoms with E-state index in [-0.39, 0.29) is 16.9 Å². The summed E-state index contributed by atoms with van der Waals surface area (Å²) in [4.78, 5) is 17.9. The fourth-order valence-corrected chi connectivity index (χ4v) is 6.86. The Hall–Kier alpha value is -1.88. The number of rotatable bonds is 5. The third-order valence-corrected chi connectivity index (χ3v) is 7.99. The number of carbonyl (C=O) groups excluding carboxylic acids is 1. The summed E-state index contributed by atoms with van der Waals surface area (Å²) in [5.41, 5.74) is 1.77. The predicted octanol–water partition coefficient (Wildman–Crippen LogP) is 5.38. The molecule has 3 atom stereocenters. The Morgan fingerprint density at radius 1 is 1.28 bits per heavy atom. The average Bonchev–Trinajstić information content (AvgIpc) is 3.14. The van der Waals surface area contributed by atoms with Gasteiger partial charge in [-0.25, -0.2) is 9.67 Å². The van der Waals surface area contributed by atoms with Crippen LogP contribution in [0.1, 0.15) is 70.3 Å². The normalized spacial score (nSPS) is 33.6. The van der Waals surface area contributed by atoms with E-state index in [0.717, 1.165) is 44.2 Å². The molecular formula is C23H29ClN4O. The average molecular weight is 413 g/mol. The summed E-state index contributed by atoms with van der Waals surface area (Å²) in [6.07, 6.45) is 9.05. The van der Waals surface area contributed by atoms with Gasteiger partial charge in [0.2, 0.25) is 11.2 Å². The van der Waals surface area contributed by atoms with Gasteiger partial charge in [0.25, 0.3) is 0 Å². The van der Waals surface area contributed by atoms with Gasteiger partial charge in [-0.1, -0.05) is 32.0 Å². The van der Waals surface area contributed by atoms with Crippen LogP contribution in [0.3, 0.4) is 0 Å². The number of hydrogen-bond acceptors (Lipinski definition) is 3. The van der Waals surface area contributed by atoms with Crippen LogP contribution in [0.4, 0.5) is 5.69 Å². The molecule has 1 amide bonds. The molecule has 6 rings (SSSR count). The zero-order valence-electron chi connectivity index (χ0n) is 17.2. The van der Waals surface area contributed by atoms with Crippen LogP contribution in [0, 0.1) is 17.3 Å². The predicted molar refractivity (Wildman–Crippen MR) is 114 cm³/mol. The highest BCUT2D eigenvalue weighted by molar-refractivity contribution is 6.28. The zero-order valence-corrected chi connectivity index (χ0v) is 18.0. The number of anilines is 1. The molecule has 4 bridgehead atoms. The molecule has 1 heterocycles. The van der Waals surface area contributed by atoms with E-state index < -0.39 is 0 Å².